The fourth-order valence-electron chi connectivity index (χ4n) is 3.02. The molecule has 0 saturated heterocycles. The Hall–Kier alpha value is -1.96. The normalized spacial score (nSPS) is 25.0. The van der Waals surface area contributed by atoms with Gasteiger partial charge in [-0.25, -0.2) is 0 Å². The summed E-state index contributed by atoms with van der Waals surface area (Å²) in [6.45, 7) is 3.39. The molecule has 0 bridgehead atoms. The number of aromatic nitrogens is 2. The van der Waals surface area contributed by atoms with E-state index in [-0.39, 0.29) is 35.1 Å². The van der Waals surface area contributed by atoms with Crippen molar-refractivity contribution < 1.29 is 14.8 Å². The predicted molar refractivity (Wildman–Crippen MR) is 74.9 cm³/mol. The van der Waals surface area contributed by atoms with Crippen molar-refractivity contribution >= 4 is 11.6 Å². The van der Waals surface area contributed by atoms with Gasteiger partial charge in [-0.15, -0.1) is 0 Å². The zero-order valence-electron chi connectivity index (χ0n) is 12.4. The van der Waals surface area contributed by atoms with E-state index < -0.39 is 10.8 Å². The first-order valence-electron chi connectivity index (χ1n) is 6.90. The number of nitro groups is 1. The Morgan fingerprint density at radius 3 is 2.90 bits per heavy atom. The Balaban J connectivity index is 2.28. The van der Waals surface area contributed by atoms with Gasteiger partial charge in [0.05, 0.1) is 11.5 Å². The molecule has 1 amide bonds. The van der Waals surface area contributed by atoms with Crippen molar-refractivity contribution in [2.24, 2.45) is 12.5 Å². The standard InChI is InChI=1S/C13H20N4O4/c1-8-10(17(20)21)11(16(3)15-8)12(19)14-9-5-4-6-13(9,2)7-18/h9,18H,4-7H2,1-3H3,(H,14,19). The zero-order valence-corrected chi connectivity index (χ0v) is 12.4. The summed E-state index contributed by atoms with van der Waals surface area (Å²) in [5.41, 5.74) is -0.481. The van der Waals surface area contributed by atoms with Gasteiger partial charge in [0, 0.05) is 18.5 Å². The molecule has 1 aliphatic rings. The summed E-state index contributed by atoms with van der Waals surface area (Å²) in [6.07, 6.45) is 2.49. The highest BCUT2D eigenvalue weighted by molar-refractivity contribution is 5.97. The van der Waals surface area contributed by atoms with Crippen LogP contribution in [-0.2, 0) is 7.05 Å². The van der Waals surface area contributed by atoms with Crippen LogP contribution >= 0.6 is 0 Å². The summed E-state index contributed by atoms with van der Waals surface area (Å²) in [5.74, 6) is -0.517. The SMILES string of the molecule is Cc1nn(C)c(C(=O)NC2CCCC2(C)CO)c1[N+](=O)[O-]. The van der Waals surface area contributed by atoms with Gasteiger partial charge in [0.2, 0.25) is 5.69 Å². The van der Waals surface area contributed by atoms with Crippen molar-refractivity contribution in [1.82, 2.24) is 15.1 Å². The van der Waals surface area contributed by atoms with E-state index in [1.54, 1.807) is 0 Å². The lowest BCUT2D eigenvalue weighted by atomic mass is 9.86. The molecular weight excluding hydrogens is 276 g/mol. The summed E-state index contributed by atoms with van der Waals surface area (Å²) >= 11 is 0. The first-order valence-corrected chi connectivity index (χ1v) is 6.90. The van der Waals surface area contributed by atoms with Crippen LogP contribution in [-0.4, -0.2) is 38.4 Å². The average molecular weight is 296 g/mol. The molecular formula is C13H20N4O4. The lowest BCUT2D eigenvalue weighted by molar-refractivity contribution is -0.385. The van der Waals surface area contributed by atoms with Crippen LogP contribution in [0.2, 0.25) is 0 Å². The van der Waals surface area contributed by atoms with E-state index in [2.05, 4.69) is 10.4 Å². The van der Waals surface area contributed by atoms with Gasteiger partial charge < -0.3 is 10.4 Å². The number of aliphatic hydroxyl groups excluding tert-OH is 1. The average Bonchev–Trinajstić information content (AvgIpc) is 2.90. The van der Waals surface area contributed by atoms with Crippen LogP contribution in [0.3, 0.4) is 0 Å². The predicted octanol–water partition coefficient (Wildman–Crippen LogP) is 0.918. The summed E-state index contributed by atoms with van der Waals surface area (Å²) in [4.78, 5) is 22.9. The third-order valence-electron chi connectivity index (χ3n) is 4.34. The maximum absolute atomic E-state index is 12.4. The lowest BCUT2D eigenvalue weighted by Crippen LogP contribution is -2.45. The molecule has 0 aromatic carbocycles. The molecule has 2 atom stereocenters. The van der Waals surface area contributed by atoms with Crippen molar-refractivity contribution in [2.75, 3.05) is 6.61 Å². The maximum atomic E-state index is 12.4. The Morgan fingerprint density at radius 1 is 1.67 bits per heavy atom. The second-order valence-corrected chi connectivity index (χ2v) is 5.89. The van der Waals surface area contributed by atoms with Crippen LogP contribution in [0.25, 0.3) is 0 Å². The van der Waals surface area contributed by atoms with Crippen molar-refractivity contribution in [3.8, 4) is 0 Å². The third kappa shape index (κ3) is 2.63. The first kappa shape index (κ1) is 15.4. The van der Waals surface area contributed by atoms with Crippen LogP contribution in [0.15, 0.2) is 0 Å². The molecule has 0 radical (unpaired) electrons. The number of rotatable bonds is 4. The van der Waals surface area contributed by atoms with Crippen LogP contribution < -0.4 is 5.32 Å². The van der Waals surface area contributed by atoms with E-state index in [1.165, 1.54) is 18.7 Å². The minimum atomic E-state index is -0.586. The van der Waals surface area contributed by atoms with Gasteiger partial charge in [0.15, 0.2) is 0 Å². The molecule has 0 spiro atoms. The fourth-order valence-corrected chi connectivity index (χ4v) is 3.02. The monoisotopic (exact) mass is 296 g/mol. The molecule has 2 rings (SSSR count). The number of aryl methyl sites for hydroxylation is 2. The molecule has 1 aliphatic carbocycles. The van der Waals surface area contributed by atoms with Crippen molar-refractivity contribution in [2.45, 2.75) is 39.2 Å². The second kappa shape index (κ2) is 5.44. The molecule has 116 valence electrons. The van der Waals surface area contributed by atoms with Gasteiger partial charge in [-0.2, -0.15) is 5.10 Å². The summed E-state index contributed by atoms with van der Waals surface area (Å²) in [6, 6.07) is -0.190. The summed E-state index contributed by atoms with van der Waals surface area (Å²) < 4.78 is 1.23. The number of hydrogen-bond donors (Lipinski definition) is 2. The molecule has 8 nitrogen and oxygen atoms in total. The van der Waals surface area contributed by atoms with Gasteiger partial charge >= 0.3 is 5.69 Å². The van der Waals surface area contributed by atoms with E-state index in [0.29, 0.717) is 0 Å². The van der Waals surface area contributed by atoms with Gasteiger partial charge in [0.25, 0.3) is 5.91 Å². The highest BCUT2D eigenvalue weighted by Gasteiger charge is 2.40. The molecule has 1 fully saturated rings. The molecule has 1 heterocycles. The van der Waals surface area contributed by atoms with E-state index in [4.69, 9.17) is 0 Å². The number of aliphatic hydroxyl groups is 1. The zero-order chi connectivity index (χ0) is 15.8. The van der Waals surface area contributed by atoms with Crippen molar-refractivity contribution in [1.29, 1.82) is 0 Å². The molecule has 0 aliphatic heterocycles. The van der Waals surface area contributed by atoms with E-state index in [9.17, 15) is 20.0 Å². The van der Waals surface area contributed by atoms with Crippen LogP contribution in [0, 0.1) is 22.5 Å². The number of amides is 1. The quantitative estimate of drug-likeness (QED) is 0.634. The molecule has 2 unspecified atom stereocenters. The minimum absolute atomic E-state index is 0.0234. The number of nitrogens with one attached hydrogen (secondary N) is 1. The van der Waals surface area contributed by atoms with E-state index in [1.807, 2.05) is 6.92 Å². The number of carbonyl (C=O) groups is 1. The molecule has 1 aromatic heterocycles. The Kier molecular flexibility index (Phi) is 3.99. The topological polar surface area (TPSA) is 110 Å². The van der Waals surface area contributed by atoms with E-state index in [0.717, 1.165) is 19.3 Å². The second-order valence-electron chi connectivity index (χ2n) is 5.89. The van der Waals surface area contributed by atoms with Crippen molar-refractivity contribution in [3.05, 3.63) is 21.5 Å². The van der Waals surface area contributed by atoms with Gasteiger partial charge in [-0.3, -0.25) is 19.6 Å². The summed E-state index contributed by atoms with van der Waals surface area (Å²) in [5, 5.41) is 27.4. The molecule has 8 heteroatoms. The Morgan fingerprint density at radius 2 is 2.33 bits per heavy atom. The fraction of sp³-hybridized carbons (Fsp3) is 0.692. The smallest absolute Gasteiger partial charge is 0.322 e. The third-order valence-corrected chi connectivity index (χ3v) is 4.34. The molecule has 21 heavy (non-hydrogen) atoms. The molecule has 1 saturated carbocycles. The maximum Gasteiger partial charge on any atom is 0.322 e. The molecule has 1 aromatic rings. The number of nitrogens with zero attached hydrogens (tertiary/aromatic N) is 3. The van der Waals surface area contributed by atoms with Crippen LogP contribution in [0.5, 0.6) is 0 Å². The lowest BCUT2D eigenvalue weighted by Gasteiger charge is -2.29. The minimum Gasteiger partial charge on any atom is -0.396 e. The summed E-state index contributed by atoms with van der Waals surface area (Å²) in [7, 11) is 1.51. The highest BCUT2D eigenvalue weighted by Crippen LogP contribution is 2.37. The van der Waals surface area contributed by atoms with Crippen LogP contribution in [0.1, 0.15) is 42.4 Å². The van der Waals surface area contributed by atoms with Gasteiger partial charge in [-0.05, 0) is 19.8 Å². The Labute approximate surface area is 122 Å². The van der Waals surface area contributed by atoms with E-state index >= 15 is 0 Å². The number of hydrogen-bond acceptors (Lipinski definition) is 5. The van der Waals surface area contributed by atoms with Gasteiger partial charge in [-0.1, -0.05) is 13.3 Å². The Bertz CT molecular complexity index is 583. The highest BCUT2D eigenvalue weighted by atomic mass is 16.6. The first-order chi connectivity index (χ1) is 9.80. The largest absolute Gasteiger partial charge is 0.396 e. The van der Waals surface area contributed by atoms with Crippen molar-refractivity contribution in [3.63, 3.8) is 0 Å². The van der Waals surface area contributed by atoms with Gasteiger partial charge in [0.1, 0.15) is 5.69 Å². The van der Waals surface area contributed by atoms with Crippen LogP contribution in [0.4, 0.5) is 5.69 Å². The molecule has 2 N–H and O–H groups in total. The number of carbonyl (C=O) groups excluding carboxylic acids is 1.